The molecule has 0 aliphatic carbocycles. The highest BCUT2D eigenvalue weighted by molar-refractivity contribution is 5.77. The molecule has 0 radical (unpaired) electrons. The van der Waals surface area contributed by atoms with Gasteiger partial charge in [-0.1, -0.05) is 38.8 Å². The molecule has 1 unspecified atom stereocenters. The van der Waals surface area contributed by atoms with E-state index < -0.39 is 12.6 Å². The number of carboxylic acid groups (broad SMARTS) is 1. The molecule has 3 rings (SSSR count). The number of nitrogens with zero attached hydrogens (tertiary/aromatic N) is 1. The number of unbranched alkanes of at least 4 members (excludes halogenated alkanes) is 3. The Kier molecular flexibility index (Phi) is 15.5. The van der Waals surface area contributed by atoms with Crippen LogP contribution in [0.2, 0.25) is 0 Å². The number of carbonyl (C=O) groups excluding carboxylic acids is 2. The van der Waals surface area contributed by atoms with Crippen LogP contribution in [0.4, 0.5) is 0 Å². The Morgan fingerprint density at radius 3 is 2.07 bits per heavy atom. The van der Waals surface area contributed by atoms with Crippen LogP contribution in [-0.2, 0) is 14.3 Å². The maximum Gasteiger partial charge on any atom is 0.246 e. The van der Waals surface area contributed by atoms with Crippen molar-refractivity contribution in [3.63, 3.8) is 0 Å². The third kappa shape index (κ3) is 11.8. The van der Waals surface area contributed by atoms with Crippen molar-refractivity contribution in [3.05, 3.63) is 58.7 Å². The second-order valence-electron chi connectivity index (χ2n) is 12.0. The number of hydrogen-bond acceptors (Lipinski definition) is 7. The minimum atomic E-state index is -1.33. The largest absolute Gasteiger partial charge is 0.548 e. The third-order valence-corrected chi connectivity index (χ3v) is 8.38. The first-order valence-electron chi connectivity index (χ1n) is 16.6. The number of carbonyl (C=O) groups is 2. The molecule has 8 nitrogen and oxygen atoms in total. The van der Waals surface area contributed by atoms with Crippen LogP contribution in [0.3, 0.4) is 0 Å². The average Bonchev–Trinajstić information content (AvgIpc) is 2.99. The van der Waals surface area contributed by atoms with Gasteiger partial charge in [-0.25, -0.2) is 0 Å². The van der Waals surface area contributed by atoms with Gasteiger partial charge in [-0.15, -0.1) is 0 Å². The van der Waals surface area contributed by atoms with E-state index in [4.69, 9.17) is 14.2 Å². The van der Waals surface area contributed by atoms with Gasteiger partial charge in [0.2, 0.25) is 5.91 Å². The van der Waals surface area contributed by atoms with E-state index in [-0.39, 0.29) is 18.4 Å². The van der Waals surface area contributed by atoms with E-state index in [2.05, 4.69) is 74.3 Å². The zero-order chi connectivity index (χ0) is 31.7. The molecular formula is C36H53N2O6-. The molecular weight excluding hydrogens is 556 g/mol. The number of likely N-dealkylation sites (tertiary alicyclic amines) is 1. The van der Waals surface area contributed by atoms with Crippen molar-refractivity contribution >= 4 is 11.9 Å². The number of hydrogen-bond donors (Lipinski definition) is 1. The molecule has 1 amide bonds. The van der Waals surface area contributed by atoms with Crippen molar-refractivity contribution in [1.82, 2.24) is 10.2 Å². The van der Waals surface area contributed by atoms with Gasteiger partial charge in [0.15, 0.2) is 0 Å². The zero-order valence-corrected chi connectivity index (χ0v) is 27.3. The molecule has 44 heavy (non-hydrogen) atoms. The van der Waals surface area contributed by atoms with Gasteiger partial charge in [0.25, 0.3) is 0 Å². The highest BCUT2D eigenvalue weighted by atomic mass is 16.5. The minimum Gasteiger partial charge on any atom is -0.548 e. The monoisotopic (exact) mass is 609 g/mol. The lowest BCUT2D eigenvalue weighted by Gasteiger charge is -2.38. The number of piperidine rings is 1. The molecule has 2 aromatic rings. The maximum absolute atomic E-state index is 11.8. The average molecular weight is 610 g/mol. The Bertz CT molecular complexity index is 1110. The van der Waals surface area contributed by atoms with Gasteiger partial charge < -0.3 is 34.3 Å². The fourth-order valence-electron chi connectivity index (χ4n) is 6.05. The Hall–Kier alpha value is -3.10. The van der Waals surface area contributed by atoms with Crippen LogP contribution < -0.4 is 19.9 Å². The molecule has 1 fully saturated rings. The first-order chi connectivity index (χ1) is 21.3. The molecule has 0 bridgehead atoms. The summed E-state index contributed by atoms with van der Waals surface area (Å²) < 4.78 is 16.9. The Balaban J connectivity index is 1.69. The summed E-state index contributed by atoms with van der Waals surface area (Å²) in [4.78, 5) is 24.8. The first kappa shape index (κ1) is 35.4. The number of nitrogens with one attached hydrogen (secondary N) is 1. The van der Waals surface area contributed by atoms with E-state index in [1.807, 2.05) is 0 Å². The highest BCUT2D eigenvalue weighted by Crippen LogP contribution is 2.41. The molecule has 1 atom stereocenters. The predicted molar refractivity (Wildman–Crippen MR) is 172 cm³/mol. The van der Waals surface area contributed by atoms with Crippen LogP contribution in [0, 0.1) is 19.8 Å². The molecule has 2 aromatic carbocycles. The second kappa shape index (κ2) is 19.3. The van der Waals surface area contributed by atoms with Crippen molar-refractivity contribution in [1.29, 1.82) is 0 Å². The maximum atomic E-state index is 11.8. The van der Waals surface area contributed by atoms with Crippen LogP contribution in [-0.4, -0.2) is 69.4 Å². The summed E-state index contributed by atoms with van der Waals surface area (Å²) in [5.41, 5.74) is 5.27. The first-order valence-corrected chi connectivity index (χ1v) is 16.6. The summed E-state index contributed by atoms with van der Waals surface area (Å²) in [5, 5.41) is 13.2. The number of rotatable bonds is 20. The molecule has 8 heteroatoms. The second-order valence-corrected chi connectivity index (χ2v) is 12.0. The molecule has 1 N–H and O–H groups in total. The Morgan fingerprint density at radius 2 is 1.52 bits per heavy atom. The summed E-state index contributed by atoms with van der Waals surface area (Å²) in [6.45, 7) is 13.1. The van der Waals surface area contributed by atoms with Crippen LogP contribution in [0.15, 0.2) is 36.4 Å². The number of ether oxygens (including phenoxy) is 3. The molecule has 0 spiro atoms. The lowest BCUT2D eigenvalue weighted by molar-refractivity contribution is -0.309. The Labute approximate surface area is 264 Å². The van der Waals surface area contributed by atoms with Crippen molar-refractivity contribution in [3.8, 4) is 11.5 Å². The quantitative estimate of drug-likeness (QED) is 0.207. The van der Waals surface area contributed by atoms with Gasteiger partial charge >= 0.3 is 0 Å². The highest BCUT2D eigenvalue weighted by Gasteiger charge is 2.31. The molecule has 1 saturated heterocycles. The van der Waals surface area contributed by atoms with Crippen LogP contribution in [0.5, 0.6) is 11.5 Å². The summed E-state index contributed by atoms with van der Waals surface area (Å²) >= 11 is 0. The van der Waals surface area contributed by atoms with E-state index in [9.17, 15) is 14.7 Å². The predicted octanol–water partition coefficient (Wildman–Crippen LogP) is 5.17. The fraction of sp³-hybridized carbons (Fsp3) is 0.611. The number of amides is 1. The number of aryl methyl sites for hydroxylation is 2. The third-order valence-electron chi connectivity index (χ3n) is 8.38. The molecule has 244 valence electrons. The molecule has 0 aromatic heterocycles. The van der Waals surface area contributed by atoms with E-state index in [1.54, 1.807) is 0 Å². The normalized spacial score (nSPS) is 15.3. The standard InChI is InChI=1S/C36H54N2O6/c1-5-7-20-43-30-13-15-32(27(3)22-30)36(33-16-14-31(23-28(33)4)44-21-8-6-2)29-12-11-19-38(24-29)18-10-9-17-37-34(39)25-42-26-35(40)41/h13-16,22-23,29,36H,5-12,17-21,24-26H2,1-4H3,(H,37,39)(H,40,41)/p-1. The van der Waals surface area contributed by atoms with Crippen LogP contribution in [0.25, 0.3) is 0 Å². The number of carboxylic acids is 1. The van der Waals surface area contributed by atoms with Crippen LogP contribution in [0.1, 0.15) is 93.4 Å². The van der Waals surface area contributed by atoms with Crippen molar-refractivity contribution < 1.29 is 28.9 Å². The van der Waals surface area contributed by atoms with E-state index in [1.165, 1.54) is 28.7 Å². The topological polar surface area (TPSA) is 100 Å². The van der Waals surface area contributed by atoms with Crippen molar-refractivity contribution in [2.24, 2.45) is 5.92 Å². The fourth-order valence-corrected chi connectivity index (χ4v) is 6.05. The number of aliphatic carboxylic acids is 1. The van der Waals surface area contributed by atoms with Crippen molar-refractivity contribution in [2.45, 2.75) is 85.0 Å². The lowest BCUT2D eigenvalue weighted by Crippen LogP contribution is -2.39. The van der Waals surface area contributed by atoms with Gasteiger partial charge in [0.05, 0.1) is 25.8 Å². The van der Waals surface area contributed by atoms with Crippen molar-refractivity contribution in [2.75, 3.05) is 52.6 Å². The van der Waals surface area contributed by atoms with Gasteiger partial charge in [0.1, 0.15) is 18.1 Å². The van der Waals surface area contributed by atoms with Gasteiger partial charge in [-0.2, -0.15) is 0 Å². The van der Waals surface area contributed by atoms with E-state index in [0.717, 1.165) is 89.3 Å². The summed E-state index contributed by atoms with van der Waals surface area (Å²) in [5.74, 6) is 0.997. The zero-order valence-electron chi connectivity index (χ0n) is 27.3. The molecule has 0 saturated carbocycles. The minimum absolute atomic E-state index is 0.264. The smallest absolute Gasteiger partial charge is 0.246 e. The molecule has 1 aliphatic heterocycles. The number of benzene rings is 2. The van der Waals surface area contributed by atoms with E-state index in [0.29, 0.717) is 12.5 Å². The lowest BCUT2D eigenvalue weighted by atomic mass is 9.74. The SMILES string of the molecule is CCCCOc1ccc(C(c2ccc(OCCCC)cc2C)C2CCCN(CCCCNC(=O)COCC(=O)[O-])C2)c(C)c1. The summed E-state index contributed by atoms with van der Waals surface area (Å²) in [6, 6.07) is 13.2. The van der Waals surface area contributed by atoms with Crippen LogP contribution >= 0.6 is 0 Å². The summed E-state index contributed by atoms with van der Waals surface area (Å²) in [7, 11) is 0. The molecule has 1 aliphatic rings. The van der Waals surface area contributed by atoms with E-state index >= 15 is 0 Å². The Morgan fingerprint density at radius 1 is 0.909 bits per heavy atom. The van der Waals surface area contributed by atoms with Gasteiger partial charge in [0, 0.05) is 19.0 Å². The molecule has 1 heterocycles. The van der Waals surface area contributed by atoms with Gasteiger partial charge in [-0.3, -0.25) is 4.79 Å². The summed E-state index contributed by atoms with van der Waals surface area (Å²) in [6.07, 6.45) is 8.50. The van der Waals surface area contributed by atoms with Gasteiger partial charge in [-0.05, 0) is 118 Å².